The molecule has 3 fully saturated rings. The molecule has 7 nitrogen and oxygen atoms in total. The molecular formula is C22H26F4N6O. The number of piperidine rings is 1. The van der Waals surface area contributed by atoms with Gasteiger partial charge in [0.1, 0.15) is 18.0 Å². The van der Waals surface area contributed by atoms with Gasteiger partial charge in [-0.2, -0.15) is 13.2 Å². The van der Waals surface area contributed by atoms with E-state index < -0.39 is 17.6 Å². The van der Waals surface area contributed by atoms with Crippen LogP contribution in [0.5, 0.6) is 0 Å². The van der Waals surface area contributed by atoms with E-state index in [0.717, 1.165) is 44.2 Å². The molecule has 1 aromatic carbocycles. The van der Waals surface area contributed by atoms with Crippen molar-refractivity contribution in [2.24, 2.45) is 5.41 Å². The maximum absolute atomic E-state index is 14.2. The highest BCUT2D eigenvalue weighted by molar-refractivity contribution is 5.75. The Bertz CT molecular complexity index is 995. The predicted molar refractivity (Wildman–Crippen MR) is 111 cm³/mol. The van der Waals surface area contributed by atoms with Gasteiger partial charge in [-0.05, 0) is 36.8 Å². The first-order valence-corrected chi connectivity index (χ1v) is 11.2. The zero-order chi connectivity index (χ0) is 23.2. The van der Waals surface area contributed by atoms with Crippen LogP contribution in [-0.2, 0) is 12.7 Å². The maximum Gasteiger partial charge on any atom is 0.416 e. The third-order valence-corrected chi connectivity index (χ3v) is 7.27. The molecule has 3 aliphatic heterocycles. The van der Waals surface area contributed by atoms with Gasteiger partial charge in [-0.15, -0.1) is 10.2 Å². The summed E-state index contributed by atoms with van der Waals surface area (Å²) in [4.78, 5) is 21.8. The number of rotatable bonds is 3. The summed E-state index contributed by atoms with van der Waals surface area (Å²) in [6.07, 6.45) is -0.363. The Hall–Kier alpha value is -2.69. The van der Waals surface area contributed by atoms with Gasteiger partial charge in [0, 0.05) is 57.3 Å². The summed E-state index contributed by atoms with van der Waals surface area (Å²) >= 11 is 0. The zero-order valence-corrected chi connectivity index (χ0v) is 18.1. The number of nitrogens with one attached hydrogen (secondary N) is 1. The molecule has 0 aliphatic carbocycles. The fourth-order valence-corrected chi connectivity index (χ4v) is 5.37. The third-order valence-electron chi connectivity index (χ3n) is 7.27. The molecule has 0 bridgehead atoms. The lowest BCUT2D eigenvalue weighted by molar-refractivity contribution is -0.137. The van der Waals surface area contributed by atoms with E-state index in [1.807, 2.05) is 9.80 Å². The topological polar surface area (TPSA) is 68.4 Å². The number of aromatic amines is 1. The first-order valence-electron chi connectivity index (χ1n) is 11.2. The minimum Gasteiger partial charge on any atom is -0.331 e. The van der Waals surface area contributed by atoms with Crippen LogP contribution in [0.25, 0.3) is 0 Å². The summed E-state index contributed by atoms with van der Waals surface area (Å²) in [7, 11) is 0. The Morgan fingerprint density at radius 1 is 1.15 bits per heavy atom. The van der Waals surface area contributed by atoms with Crippen LogP contribution in [0.1, 0.15) is 42.1 Å². The summed E-state index contributed by atoms with van der Waals surface area (Å²) in [5.74, 6) is 0.195. The van der Waals surface area contributed by atoms with Gasteiger partial charge in [0.25, 0.3) is 0 Å². The number of likely N-dealkylation sites (tertiary alicyclic amines) is 3. The number of hydrogen-bond donors (Lipinski definition) is 1. The van der Waals surface area contributed by atoms with Gasteiger partial charge >= 0.3 is 12.2 Å². The highest BCUT2D eigenvalue weighted by Gasteiger charge is 2.46. The van der Waals surface area contributed by atoms with Crippen molar-refractivity contribution < 1.29 is 22.4 Å². The normalized spacial score (nSPS) is 23.2. The first kappa shape index (κ1) is 22.1. The quantitative estimate of drug-likeness (QED) is 0.704. The molecular weight excluding hydrogens is 440 g/mol. The molecule has 1 spiro atoms. The smallest absolute Gasteiger partial charge is 0.331 e. The number of urea groups is 1. The Labute approximate surface area is 188 Å². The number of carbonyl (C=O) groups excluding carboxylic acids is 1. The molecule has 33 heavy (non-hydrogen) atoms. The number of halogens is 4. The zero-order valence-electron chi connectivity index (χ0n) is 18.1. The molecule has 1 N–H and O–H groups in total. The summed E-state index contributed by atoms with van der Waals surface area (Å²) in [6, 6.07) is 2.80. The van der Waals surface area contributed by atoms with E-state index in [2.05, 4.69) is 20.1 Å². The SMILES string of the molecule is O=C(N1CCC2(CC1)CN(Cc1ccc(C(F)(F)F)cc1F)C2)N1CCC(c2nnc[nH]2)C1. The molecule has 4 heterocycles. The fourth-order valence-electron chi connectivity index (χ4n) is 5.37. The van der Waals surface area contributed by atoms with Crippen molar-refractivity contribution in [1.82, 2.24) is 29.9 Å². The van der Waals surface area contributed by atoms with Gasteiger partial charge in [-0.3, -0.25) is 4.90 Å². The van der Waals surface area contributed by atoms with Crippen LogP contribution >= 0.6 is 0 Å². The number of hydrogen-bond acceptors (Lipinski definition) is 4. The molecule has 3 saturated heterocycles. The second-order valence-electron chi connectivity index (χ2n) is 9.52. The van der Waals surface area contributed by atoms with E-state index in [9.17, 15) is 22.4 Å². The van der Waals surface area contributed by atoms with E-state index in [1.165, 1.54) is 6.07 Å². The third kappa shape index (κ3) is 4.42. The monoisotopic (exact) mass is 466 g/mol. The summed E-state index contributed by atoms with van der Waals surface area (Å²) < 4.78 is 52.4. The summed E-state index contributed by atoms with van der Waals surface area (Å²) in [5.41, 5.74) is -0.584. The molecule has 5 rings (SSSR count). The van der Waals surface area contributed by atoms with Gasteiger partial charge in [-0.25, -0.2) is 9.18 Å². The molecule has 11 heteroatoms. The lowest BCUT2D eigenvalue weighted by Crippen LogP contribution is -2.61. The molecule has 1 aromatic heterocycles. The number of benzene rings is 1. The van der Waals surface area contributed by atoms with Crippen molar-refractivity contribution in [3.05, 3.63) is 47.3 Å². The standard InChI is InChI=1S/C22H26F4N6O/c23-18-9-17(22(24,25)26)2-1-15(18)10-30-12-21(13-30)4-7-31(8-5-21)20(33)32-6-3-16(11-32)19-27-14-28-29-19/h1-2,9,14,16H,3-8,10-13H2,(H,27,28,29). The number of carbonyl (C=O) groups is 1. The van der Waals surface area contributed by atoms with E-state index >= 15 is 0 Å². The van der Waals surface area contributed by atoms with Crippen molar-refractivity contribution in [1.29, 1.82) is 0 Å². The number of H-pyrrole nitrogens is 1. The van der Waals surface area contributed by atoms with E-state index in [4.69, 9.17) is 0 Å². The Kier molecular flexibility index (Phi) is 5.54. The van der Waals surface area contributed by atoms with Crippen LogP contribution in [0.15, 0.2) is 24.5 Å². The highest BCUT2D eigenvalue weighted by atomic mass is 19.4. The minimum absolute atomic E-state index is 0.0647. The van der Waals surface area contributed by atoms with Crippen molar-refractivity contribution in [2.45, 2.75) is 37.9 Å². The highest BCUT2D eigenvalue weighted by Crippen LogP contribution is 2.42. The molecule has 178 valence electrons. The van der Waals surface area contributed by atoms with E-state index in [1.54, 1.807) is 6.33 Å². The van der Waals surface area contributed by atoms with Gasteiger partial charge in [0.15, 0.2) is 0 Å². The van der Waals surface area contributed by atoms with Gasteiger partial charge in [0.05, 0.1) is 5.56 Å². The van der Waals surface area contributed by atoms with E-state index in [-0.39, 0.29) is 22.9 Å². The average molecular weight is 466 g/mol. The van der Waals surface area contributed by atoms with Gasteiger partial charge in [-0.1, -0.05) is 6.07 Å². The Balaban J connectivity index is 1.10. The number of aromatic nitrogens is 3. The molecule has 0 saturated carbocycles. The number of nitrogens with zero attached hydrogens (tertiary/aromatic N) is 5. The summed E-state index contributed by atoms with van der Waals surface area (Å²) in [6.45, 7) is 4.56. The second kappa shape index (κ2) is 8.27. The number of amides is 2. The van der Waals surface area contributed by atoms with Crippen molar-refractivity contribution >= 4 is 6.03 Å². The lowest BCUT2D eigenvalue weighted by atomic mass is 9.72. The Morgan fingerprint density at radius 2 is 1.91 bits per heavy atom. The van der Waals surface area contributed by atoms with Crippen LogP contribution < -0.4 is 0 Å². The van der Waals surface area contributed by atoms with Crippen LogP contribution in [0, 0.1) is 11.2 Å². The molecule has 1 atom stereocenters. The Morgan fingerprint density at radius 3 is 2.55 bits per heavy atom. The predicted octanol–water partition coefficient (Wildman–Crippen LogP) is 3.47. The molecule has 3 aliphatic rings. The van der Waals surface area contributed by atoms with Crippen molar-refractivity contribution in [3.8, 4) is 0 Å². The molecule has 1 unspecified atom stereocenters. The maximum atomic E-state index is 14.2. The van der Waals surface area contributed by atoms with Crippen LogP contribution in [0.2, 0.25) is 0 Å². The lowest BCUT2D eigenvalue weighted by Gasteiger charge is -2.54. The van der Waals surface area contributed by atoms with Gasteiger partial charge < -0.3 is 14.8 Å². The van der Waals surface area contributed by atoms with Crippen molar-refractivity contribution in [2.75, 3.05) is 39.3 Å². The fraction of sp³-hybridized carbons (Fsp3) is 0.591. The second-order valence-corrected chi connectivity index (χ2v) is 9.52. The van der Waals surface area contributed by atoms with Crippen molar-refractivity contribution in [3.63, 3.8) is 0 Å². The summed E-state index contributed by atoms with van der Waals surface area (Å²) in [5, 5.41) is 7.88. The van der Waals surface area contributed by atoms with Crippen LogP contribution in [0.4, 0.5) is 22.4 Å². The number of alkyl halides is 3. The van der Waals surface area contributed by atoms with Crippen LogP contribution in [-0.4, -0.2) is 75.2 Å². The largest absolute Gasteiger partial charge is 0.416 e. The minimum atomic E-state index is -4.54. The van der Waals surface area contributed by atoms with Gasteiger partial charge in [0.2, 0.25) is 0 Å². The van der Waals surface area contributed by atoms with Crippen LogP contribution in [0.3, 0.4) is 0 Å². The molecule has 2 amide bonds. The molecule has 2 aromatic rings. The first-order chi connectivity index (χ1) is 15.7. The average Bonchev–Trinajstić information content (AvgIpc) is 3.45. The van der Waals surface area contributed by atoms with E-state index in [0.29, 0.717) is 38.8 Å². The molecule has 0 radical (unpaired) electrons.